The summed E-state index contributed by atoms with van der Waals surface area (Å²) in [6.07, 6.45) is 1.09. The minimum atomic E-state index is -3.43. The van der Waals surface area contributed by atoms with Crippen molar-refractivity contribution in [2.75, 3.05) is 6.26 Å². The van der Waals surface area contributed by atoms with Crippen LogP contribution < -0.4 is 10.0 Å². The minimum absolute atomic E-state index is 0.0198. The molecule has 118 valence electrons. The van der Waals surface area contributed by atoms with E-state index in [-0.39, 0.29) is 17.9 Å². The lowest BCUT2D eigenvalue weighted by Gasteiger charge is -2.23. The third-order valence-corrected chi connectivity index (χ3v) is 3.50. The van der Waals surface area contributed by atoms with E-state index in [9.17, 15) is 13.2 Å². The number of carbonyl (C=O) groups excluding carboxylic acids is 1. The first-order chi connectivity index (χ1) is 9.46. The molecule has 0 aliphatic carbocycles. The number of sulfonamides is 1. The lowest BCUT2D eigenvalue weighted by atomic mass is 10.0. The van der Waals surface area contributed by atoms with Crippen molar-refractivity contribution in [3.8, 4) is 0 Å². The quantitative estimate of drug-likeness (QED) is 0.868. The summed E-state index contributed by atoms with van der Waals surface area (Å²) in [5, 5.41) is 3.37. The molecule has 0 heterocycles. The highest BCUT2D eigenvalue weighted by Gasteiger charge is 2.22. The largest absolute Gasteiger partial charge is 0.351 e. The molecule has 1 amide bonds. The maximum atomic E-state index is 12.0. The summed E-state index contributed by atoms with van der Waals surface area (Å²) in [4.78, 5) is 12.0. The van der Waals surface area contributed by atoms with Gasteiger partial charge in [-0.25, -0.2) is 13.1 Å². The maximum Gasteiger partial charge on any atom is 0.222 e. The number of rotatable bonds is 5. The van der Waals surface area contributed by atoms with Crippen LogP contribution in [0.4, 0.5) is 0 Å². The van der Waals surface area contributed by atoms with Crippen LogP contribution in [0.25, 0.3) is 0 Å². The Kier molecular flexibility index (Phi) is 5.78. The maximum absolute atomic E-state index is 12.0. The van der Waals surface area contributed by atoms with Gasteiger partial charge in [0.1, 0.15) is 0 Å². The van der Waals surface area contributed by atoms with E-state index in [2.05, 4.69) is 10.0 Å². The second-order valence-corrected chi connectivity index (χ2v) is 8.21. The summed E-state index contributed by atoms with van der Waals surface area (Å²) >= 11 is 5.82. The fraction of sp³-hybridized carbons (Fsp3) is 0.500. The van der Waals surface area contributed by atoms with Gasteiger partial charge in [-0.15, -0.1) is 0 Å². The molecule has 0 aliphatic rings. The zero-order valence-corrected chi connectivity index (χ0v) is 14.2. The third kappa shape index (κ3) is 7.45. The van der Waals surface area contributed by atoms with Crippen LogP contribution in [0.1, 0.15) is 38.8 Å². The van der Waals surface area contributed by atoms with Crippen LogP contribution in [0.3, 0.4) is 0 Å². The molecule has 21 heavy (non-hydrogen) atoms. The average Bonchev–Trinajstić information content (AvgIpc) is 2.24. The van der Waals surface area contributed by atoms with E-state index in [4.69, 9.17) is 11.6 Å². The van der Waals surface area contributed by atoms with Gasteiger partial charge in [0, 0.05) is 17.0 Å². The lowest BCUT2D eigenvalue weighted by molar-refractivity contribution is -0.122. The first kappa shape index (κ1) is 17.9. The van der Waals surface area contributed by atoms with E-state index in [1.165, 1.54) is 0 Å². The van der Waals surface area contributed by atoms with Crippen LogP contribution in [-0.2, 0) is 14.8 Å². The standard InChI is InChI=1S/C14H21ClN2O3S/c1-14(2,3)16-13(18)9-12(17-21(4,19)20)10-5-7-11(15)8-6-10/h5-8,12,17H,9H2,1-4H3,(H,16,18). The van der Waals surface area contributed by atoms with Crippen molar-refractivity contribution in [3.05, 3.63) is 34.9 Å². The van der Waals surface area contributed by atoms with E-state index < -0.39 is 16.1 Å². The smallest absolute Gasteiger partial charge is 0.222 e. The molecule has 1 aromatic carbocycles. The van der Waals surface area contributed by atoms with Crippen LogP contribution in [0.15, 0.2) is 24.3 Å². The molecule has 5 nitrogen and oxygen atoms in total. The Morgan fingerprint density at radius 2 is 1.76 bits per heavy atom. The second-order valence-electron chi connectivity index (χ2n) is 6.00. The first-order valence-electron chi connectivity index (χ1n) is 6.50. The molecule has 7 heteroatoms. The van der Waals surface area contributed by atoms with Crippen molar-refractivity contribution in [1.29, 1.82) is 0 Å². The number of amides is 1. The normalized spacial score (nSPS) is 13.8. The van der Waals surface area contributed by atoms with Crippen molar-refractivity contribution in [2.24, 2.45) is 0 Å². The fourth-order valence-corrected chi connectivity index (χ4v) is 2.70. The highest BCUT2D eigenvalue weighted by Crippen LogP contribution is 2.20. The molecule has 1 rings (SSSR count). The molecule has 1 aromatic rings. The molecule has 2 N–H and O–H groups in total. The zero-order chi connectivity index (χ0) is 16.3. The van der Waals surface area contributed by atoms with Crippen molar-refractivity contribution in [2.45, 2.75) is 38.8 Å². The summed E-state index contributed by atoms with van der Waals surface area (Å²) < 4.78 is 25.4. The Hall–Kier alpha value is -1.11. The molecule has 0 saturated heterocycles. The third-order valence-electron chi connectivity index (χ3n) is 2.53. The molecule has 1 atom stereocenters. The van der Waals surface area contributed by atoms with E-state index in [1.54, 1.807) is 24.3 Å². The summed E-state index contributed by atoms with van der Waals surface area (Å²) in [5.74, 6) is -0.224. The first-order valence-corrected chi connectivity index (χ1v) is 8.77. The van der Waals surface area contributed by atoms with Crippen molar-refractivity contribution in [3.63, 3.8) is 0 Å². The van der Waals surface area contributed by atoms with Crippen LogP contribution in [0.5, 0.6) is 0 Å². The summed E-state index contributed by atoms with van der Waals surface area (Å²) in [6, 6.07) is 6.11. The summed E-state index contributed by atoms with van der Waals surface area (Å²) in [5.41, 5.74) is 0.320. The Balaban J connectivity index is 2.93. The predicted molar refractivity (Wildman–Crippen MR) is 84.7 cm³/mol. The van der Waals surface area contributed by atoms with E-state index >= 15 is 0 Å². The molecule has 0 bridgehead atoms. The Bertz CT molecular complexity index is 592. The van der Waals surface area contributed by atoms with Gasteiger partial charge in [0.25, 0.3) is 0 Å². The molecule has 1 unspecified atom stereocenters. The SMILES string of the molecule is CC(C)(C)NC(=O)CC(NS(C)(=O)=O)c1ccc(Cl)cc1. The molecule has 0 radical (unpaired) electrons. The van der Waals surface area contributed by atoms with Crippen LogP contribution in [-0.4, -0.2) is 26.1 Å². The van der Waals surface area contributed by atoms with Gasteiger partial charge in [-0.3, -0.25) is 4.79 Å². The molecule has 0 aliphatic heterocycles. The van der Waals surface area contributed by atoms with E-state index in [0.717, 1.165) is 6.26 Å². The van der Waals surface area contributed by atoms with Crippen molar-refractivity contribution in [1.82, 2.24) is 10.0 Å². The van der Waals surface area contributed by atoms with E-state index in [1.807, 2.05) is 20.8 Å². The Morgan fingerprint density at radius 3 is 2.19 bits per heavy atom. The Labute approximate surface area is 131 Å². The molecule has 0 saturated carbocycles. The number of carbonyl (C=O) groups is 1. The molecule has 0 aromatic heterocycles. The van der Waals surface area contributed by atoms with Gasteiger partial charge < -0.3 is 5.32 Å². The predicted octanol–water partition coefficient (Wildman–Crippen LogP) is 2.24. The molecular weight excluding hydrogens is 312 g/mol. The van der Waals surface area contributed by atoms with E-state index in [0.29, 0.717) is 10.6 Å². The Morgan fingerprint density at radius 1 is 1.24 bits per heavy atom. The minimum Gasteiger partial charge on any atom is -0.351 e. The second kappa shape index (κ2) is 6.77. The summed E-state index contributed by atoms with van der Waals surface area (Å²) in [7, 11) is -3.43. The highest BCUT2D eigenvalue weighted by molar-refractivity contribution is 7.88. The highest BCUT2D eigenvalue weighted by atomic mass is 35.5. The van der Waals surface area contributed by atoms with Gasteiger partial charge in [0.05, 0.1) is 12.3 Å². The topological polar surface area (TPSA) is 75.3 Å². The molecule has 0 spiro atoms. The zero-order valence-electron chi connectivity index (χ0n) is 12.6. The van der Waals surface area contributed by atoms with Gasteiger partial charge in [0.15, 0.2) is 0 Å². The van der Waals surface area contributed by atoms with Gasteiger partial charge in [-0.2, -0.15) is 0 Å². The van der Waals surface area contributed by atoms with Gasteiger partial charge in [-0.1, -0.05) is 23.7 Å². The number of nitrogens with one attached hydrogen (secondary N) is 2. The van der Waals surface area contributed by atoms with Gasteiger partial charge >= 0.3 is 0 Å². The van der Waals surface area contributed by atoms with Gasteiger partial charge in [-0.05, 0) is 38.5 Å². The van der Waals surface area contributed by atoms with Crippen LogP contribution in [0, 0.1) is 0 Å². The number of hydrogen-bond donors (Lipinski definition) is 2. The van der Waals surface area contributed by atoms with Crippen molar-refractivity contribution < 1.29 is 13.2 Å². The van der Waals surface area contributed by atoms with Crippen LogP contribution in [0.2, 0.25) is 5.02 Å². The van der Waals surface area contributed by atoms with Crippen LogP contribution >= 0.6 is 11.6 Å². The molecular formula is C14H21ClN2O3S. The van der Waals surface area contributed by atoms with Crippen molar-refractivity contribution >= 4 is 27.5 Å². The molecule has 0 fully saturated rings. The lowest BCUT2D eigenvalue weighted by Crippen LogP contribution is -2.42. The number of benzene rings is 1. The summed E-state index contributed by atoms with van der Waals surface area (Å²) in [6.45, 7) is 5.60. The average molecular weight is 333 g/mol. The number of hydrogen-bond acceptors (Lipinski definition) is 3. The monoisotopic (exact) mass is 332 g/mol. The number of halogens is 1. The fourth-order valence-electron chi connectivity index (χ4n) is 1.84. The van der Waals surface area contributed by atoms with Gasteiger partial charge in [0.2, 0.25) is 15.9 Å².